The summed E-state index contributed by atoms with van der Waals surface area (Å²) in [5, 5.41) is 13.9. The number of carboxylic acid groups (broad SMARTS) is 1. The Morgan fingerprint density at radius 1 is 0.884 bits per heavy atom. The first-order chi connectivity index (χ1) is 20.4. The number of urea groups is 1. The van der Waals surface area contributed by atoms with Gasteiger partial charge >= 0.3 is 12.0 Å². The molecule has 1 aliphatic rings. The Labute approximate surface area is 251 Å². The average Bonchev–Trinajstić information content (AvgIpc) is 3.46. The van der Waals surface area contributed by atoms with Crippen molar-refractivity contribution in [1.82, 2.24) is 4.90 Å². The molecule has 1 aliphatic heterocycles. The maximum atomic E-state index is 14.7. The Bertz CT molecular complexity index is 1690. The summed E-state index contributed by atoms with van der Waals surface area (Å²) in [4.78, 5) is 43.9. The van der Waals surface area contributed by atoms with Gasteiger partial charge in [0.25, 0.3) is 0 Å². The van der Waals surface area contributed by atoms with Crippen LogP contribution in [0.2, 0.25) is 0 Å². The molecule has 4 aromatic rings. The number of likely N-dealkylation sites (tertiary alicyclic amines) is 1. The number of ketones is 1. The number of ether oxygens (including phenoxy) is 1. The first-order valence-corrected chi connectivity index (χ1v) is 14.2. The lowest BCUT2D eigenvalue weighted by Crippen LogP contribution is -2.55. The highest BCUT2D eigenvalue weighted by atomic mass is 16.5. The summed E-state index contributed by atoms with van der Waals surface area (Å²) in [6.45, 7) is 8.85. The molecule has 1 fully saturated rings. The SMILES string of the molecule is COc1ccc(C2C(C(=O)c3cc(C)oc3C)C(c3cccc(C)c3)N(C(=O)Nc3cccc(C)c3)C2(C)C(=O)O)cc1. The first-order valence-electron chi connectivity index (χ1n) is 14.2. The first kappa shape index (κ1) is 29.6. The molecule has 8 heteroatoms. The smallest absolute Gasteiger partial charge is 0.330 e. The van der Waals surface area contributed by atoms with Crippen molar-refractivity contribution in [3.63, 3.8) is 0 Å². The van der Waals surface area contributed by atoms with Gasteiger partial charge in [0, 0.05) is 11.6 Å². The molecule has 8 nitrogen and oxygen atoms in total. The number of methoxy groups -OCH3 is 1. The van der Waals surface area contributed by atoms with Gasteiger partial charge in [-0.2, -0.15) is 0 Å². The number of rotatable bonds is 7. The second-order valence-corrected chi connectivity index (χ2v) is 11.4. The maximum absolute atomic E-state index is 14.7. The van der Waals surface area contributed by atoms with Crippen LogP contribution in [-0.4, -0.2) is 40.4 Å². The normalized spacial score (nSPS) is 21.4. The topological polar surface area (TPSA) is 109 Å². The minimum atomic E-state index is -1.83. The Morgan fingerprint density at radius 3 is 2.09 bits per heavy atom. The number of hydrogen-bond acceptors (Lipinski definition) is 5. The summed E-state index contributed by atoms with van der Waals surface area (Å²) < 4.78 is 11.1. The maximum Gasteiger partial charge on any atom is 0.330 e. The third-order valence-corrected chi connectivity index (χ3v) is 8.47. The second-order valence-electron chi connectivity index (χ2n) is 11.4. The molecule has 0 radical (unpaired) electrons. The molecule has 0 saturated carbocycles. The van der Waals surface area contributed by atoms with Crippen LogP contribution in [-0.2, 0) is 4.79 Å². The van der Waals surface area contributed by atoms with Gasteiger partial charge in [-0.05, 0) is 81.6 Å². The molecule has 1 saturated heterocycles. The number of benzene rings is 3. The third-order valence-electron chi connectivity index (χ3n) is 8.47. The summed E-state index contributed by atoms with van der Waals surface area (Å²) in [7, 11) is 1.55. The van der Waals surface area contributed by atoms with Crippen LogP contribution in [0.25, 0.3) is 0 Å². The Hall–Kier alpha value is -4.85. The van der Waals surface area contributed by atoms with Gasteiger partial charge in [0.05, 0.1) is 24.6 Å². The third kappa shape index (κ3) is 5.29. The molecule has 222 valence electrons. The summed E-state index contributed by atoms with van der Waals surface area (Å²) in [5.74, 6) is -1.80. The summed E-state index contributed by atoms with van der Waals surface area (Å²) in [6, 6.07) is 22.0. The number of aliphatic carboxylic acids is 1. The van der Waals surface area contributed by atoms with Crippen molar-refractivity contribution in [2.75, 3.05) is 12.4 Å². The largest absolute Gasteiger partial charge is 0.497 e. The predicted molar refractivity (Wildman–Crippen MR) is 164 cm³/mol. The fourth-order valence-electron chi connectivity index (χ4n) is 6.51. The molecule has 3 aromatic carbocycles. The minimum Gasteiger partial charge on any atom is -0.497 e. The van der Waals surface area contributed by atoms with Crippen molar-refractivity contribution in [3.8, 4) is 5.75 Å². The fraction of sp³-hybridized carbons (Fsp3) is 0.286. The molecule has 0 bridgehead atoms. The van der Waals surface area contributed by atoms with Crippen molar-refractivity contribution < 1.29 is 28.6 Å². The molecule has 5 rings (SSSR count). The molecular formula is C35H36N2O6. The van der Waals surface area contributed by atoms with Crippen LogP contribution in [0, 0.1) is 33.6 Å². The van der Waals surface area contributed by atoms with Crippen molar-refractivity contribution >= 4 is 23.5 Å². The molecule has 4 unspecified atom stereocenters. The van der Waals surface area contributed by atoms with Gasteiger partial charge in [-0.3, -0.25) is 9.69 Å². The quantitative estimate of drug-likeness (QED) is 0.223. The van der Waals surface area contributed by atoms with Crippen LogP contribution in [0.3, 0.4) is 0 Å². The van der Waals surface area contributed by atoms with Crippen molar-refractivity contribution in [3.05, 3.63) is 118 Å². The lowest BCUT2D eigenvalue weighted by atomic mass is 9.71. The molecule has 2 N–H and O–H groups in total. The van der Waals surface area contributed by atoms with Crippen LogP contribution in [0.1, 0.15) is 63.0 Å². The highest BCUT2D eigenvalue weighted by Crippen LogP contribution is 2.57. The van der Waals surface area contributed by atoms with Crippen LogP contribution < -0.4 is 10.1 Å². The molecule has 0 spiro atoms. The van der Waals surface area contributed by atoms with E-state index in [1.165, 1.54) is 11.8 Å². The molecule has 2 heterocycles. The van der Waals surface area contributed by atoms with Gasteiger partial charge < -0.3 is 19.6 Å². The number of carbonyl (C=O) groups excluding carboxylic acids is 2. The Morgan fingerprint density at radius 2 is 1.53 bits per heavy atom. The van der Waals surface area contributed by atoms with Gasteiger partial charge in [-0.15, -0.1) is 0 Å². The van der Waals surface area contributed by atoms with E-state index >= 15 is 0 Å². The number of furan rings is 1. The van der Waals surface area contributed by atoms with Gasteiger partial charge in [-0.25, -0.2) is 9.59 Å². The van der Waals surface area contributed by atoms with E-state index in [0.29, 0.717) is 39.6 Å². The highest BCUT2D eigenvalue weighted by Gasteiger charge is 2.65. The summed E-state index contributed by atoms with van der Waals surface area (Å²) in [6.07, 6.45) is 0. The molecule has 4 atom stereocenters. The second kappa shape index (κ2) is 11.4. The zero-order valence-corrected chi connectivity index (χ0v) is 25.2. The van der Waals surface area contributed by atoms with E-state index in [2.05, 4.69) is 5.32 Å². The van der Waals surface area contributed by atoms with E-state index in [4.69, 9.17) is 9.15 Å². The minimum absolute atomic E-state index is 0.292. The lowest BCUT2D eigenvalue weighted by Gasteiger charge is -2.37. The molecule has 0 aliphatic carbocycles. The molecule has 1 aromatic heterocycles. The number of nitrogens with zero attached hydrogens (tertiary/aromatic N) is 1. The van der Waals surface area contributed by atoms with Crippen LogP contribution in [0.15, 0.2) is 83.3 Å². The van der Waals surface area contributed by atoms with E-state index in [-0.39, 0.29) is 5.78 Å². The van der Waals surface area contributed by atoms with E-state index < -0.39 is 35.4 Å². The standard InChI is InChI=1S/C35H36N2O6/c1-20-9-7-11-25(17-20)31-29(32(38)28-19-22(3)43-23(28)4)30(24-13-15-27(42-6)16-14-24)35(5,33(39)40)37(31)34(41)36-26-12-8-10-21(2)18-26/h7-19,29-31H,1-6H3,(H,36,41)(H,39,40). The summed E-state index contributed by atoms with van der Waals surface area (Å²) in [5.41, 5.74) is 2.19. The number of carboxylic acids is 1. The number of anilines is 1. The number of Topliss-reactive ketones (excluding diaryl/α,β-unsaturated/α-hetero) is 1. The lowest BCUT2D eigenvalue weighted by molar-refractivity contribution is -0.148. The van der Waals surface area contributed by atoms with Crippen molar-refractivity contribution in [1.29, 1.82) is 0 Å². The zero-order valence-electron chi connectivity index (χ0n) is 25.2. The van der Waals surface area contributed by atoms with Crippen LogP contribution >= 0.6 is 0 Å². The van der Waals surface area contributed by atoms with Gasteiger partial charge in [0.2, 0.25) is 0 Å². The Balaban J connectivity index is 1.79. The number of nitrogens with one attached hydrogen (secondary N) is 1. The highest BCUT2D eigenvalue weighted by molar-refractivity contribution is 6.04. The number of hydrogen-bond donors (Lipinski definition) is 2. The van der Waals surface area contributed by atoms with Crippen LogP contribution in [0.5, 0.6) is 5.75 Å². The van der Waals surface area contributed by atoms with Gasteiger partial charge in [-0.1, -0.05) is 54.1 Å². The van der Waals surface area contributed by atoms with E-state index in [1.54, 1.807) is 57.4 Å². The number of aryl methyl sites for hydroxylation is 4. The fourth-order valence-corrected chi connectivity index (χ4v) is 6.51. The van der Waals surface area contributed by atoms with Gasteiger partial charge in [0.15, 0.2) is 5.78 Å². The molecule has 2 amide bonds. The zero-order chi connectivity index (χ0) is 31.1. The van der Waals surface area contributed by atoms with E-state index in [9.17, 15) is 19.5 Å². The van der Waals surface area contributed by atoms with Crippen molar-refractivity contribution in [2.24, 2.45) is 5.92 Å². The van der Waals surface area contributed by atoms with E-state index in [0.717, 1.165) is 11.1 Å². The predicted octanol–water partition coefficient (Wildman–Crippen LogP) is 7.24. The monoisotopic (exact) mass is 580 g/mol. The Kier molecular flexibility index (Phi) is 7.88. The number of carbonyl (C=O) groups is 3. The van der Waals surface area contributed by atoms with Crippen molar-refractivity contribution in [2.45, 2.75) is 52.1 Å². The number of amides is 2. The van der Waals surface area contributed by atoms with Gasteiger partial charge in [0.1, 0.15) is 22.8 Å². The summed E-state index contributed by atoms with van der Waals surface area (Å²) >= 11 is 0. The van der Waals surface area contributed by atoms with E-state index in [1.807, 2.05) is 56.3 Å². The van der Waals surface area contributed by atoms with Crippen LogP contribution in [0.4, 0.5) is 10.5 Å². The average molecular weight is 581 g/mol. The molecule has 43 heavy (non-hydrogen) atoms. The molecular weight excluding hydrogens is 544 g/mol.